The maximum Gasteiger partial charge on any atom is 0.281 e. The molecule has 2 heterocycles. The molecule has 0 radical (unpaired) electrons. The number of ether oxygens (including phenoxy) is 1. The predicted molar refractivity (Wildman–Crippen MR) is 147 cm³/mol. The zero-order valence-electron chi connectivity index (χ0n) is 20.0. The van der Waals surface area contributed by atoms with Gasteiger partial charge in [0, 0.05) is 45.0 Å². The van der Waals surface area contributed by atoms with E-state index in [1.807, 2.05) is 0 Å². The smallest absolute Gasteiger partial charge is 0.281 e. The summed E-state index contributed by atoms with van der Waals surface area (Å²) >= 11 is 19.5. The Bertz CT molecular complexity index is 1430. The van der Waals surface area contributed by atoms with E-state index in [-0.39, 0.29) is 44.3 Å². The third-order valence-electron chi connectivity index (χ3n) is 4.99. The molecule has 0 fully saturated rings. The Hall–Kier alpha value is -2.45. The molecular weight excluding hydrogens is 585 g/mol. The molecule has 0 spiro atoms. The van der Waals surface area contributed by atoms with Crippen LogP contribution in [0.1, 0.15) is 25.6 Å². The molecule has 0 saturated heterocycles. The van der Waals surface area contributed by atoms with Crippen molar-refractivity contribution in [2.75, 3.05) is 38.9 Å². The van der Waals surface area contributed by atoms with Crippen molar-refractivity contribution >= 4 is 79.7 Å². The number of pyridine rings is 1. The molecule has 0 bridgehead atoms. The largest absolute Gasteiger partial charge is 0.494 e. The maximum absolute atomic E-state index is 13.2. The number of halogens is 3. The summed E-state index contributed by atoms with van der Waals surface area (Å²) < 4.78 is 32.2. The summed E-state index contributed by atoms with van der Waals surface area (Å²) in [6.45, 7) is -0.0465. The van der Waals surface area contributed by atoms with Crippen molar-refractivity contribution in [3.8, 4) is 5.75 Å². The molecule has 3 rings (SSSR count). The topological polar surface area (TPSA) is 121 Å². The summed E-state index contributed by atoms with van der Waals surface area (Å²) in [4.78, 5) is 30.4. The van der Waals surface area contributed by atoms with E-state index >= 15 is 0 Å². The second-order valence-corrected chi connectivity index (χ2v) is 12.1. The van der Waals surface area contributed by atoms with Gasteiger partial charge in [-0.3, -0.25) is 9.59 Å². The van der Waals surface area contributed by atoms with Gasteiger partial charge in [-0.25, -0.2) is 4.98 Å². The Morgan fingerprint density at radius 1 is 1.05 bits per heavy atom. The fraction of sp³-hybridized carbons (Fsp3) is 0.227. The van der Waals surface area contributed by atoms with E-state index in [4.69, 9.17) is 39.5 Å². The number of hydrogen-bond acceptors (Lipinski definition) is 7. The molecule has 0 aliphatic rings. The molecule has 0 aliphatic heterocycles. The Morgan fingerprint density at radius 2 is 1.76 bits per heavy atom. The standard InChI is InChI=1S/C22H22Cl3N5O5S2/c1-29(2)37(33,34)30(3)10-12-11-36-20(18(12)25)22(32)28-19-15(7-14(24)8-16(19)35-4)21(31)27-17-6-5-13(23)9-26-17/h5-9,11H,10H2,1-4H3,(H,28,32)(H,26,27,31). The first-order chi connectivity index (χ1) is 17.3. The van der Waals surface area contributed by atoms with Crippen LogP contribution in [0.4, 0.5) is 11.5 Å². The van der Waals surface area contributed by atoms with Crippen LogP contribution in [0.15, 0.2) is 35.8 Å². The number of thiophene rings is 1. The van der Waals surface area contributed by atoms with E-state index in [9.17, 15) is 18.0 Å². The normalized spacial score (nSPS) is 11.6. The predicted octanol–water partition coefficient (Wildman–Crippen LogP) is 4.85. The minimum absolute atomic E-state index is 0.0131. The van der Waals surface area contributed by atoms with Crippen molar-refractivity contribution < 1.29 is 22.7 Å². The Labute approximate surface area is 233 Å². The maximum atomic E-state index is 13.2. The summed E-state index contributed by atoms with van der Waals surface area (Å²) in [6, 6.07) is 5.88. The molecule has 15 heteroatoms. The van der Waals surface area contributed by atoms with Crippen molar-refractivity contribution in [1.29, 1.82) is 0 Å². The van der Waals surface area contributed by atoms with E-state index in [1.165, 1.54) is 52.6 Å². The zero-order chi connectivity index (χ0) is 27.5. The molecule has 2 aromatic heterocycles. The zero-order valence-corrected chi connectivity index (χ0v) is 23.9. The average molecular weight is 607 g/mol. The van der Waals surface area contributed by atoms with Crippen LogP contribution < -0.4 is 15.4 Å². The van der Waals surface area contributed by atoms with Crippen molar-refractivity contribution in [1.82, 2.24) is 13.6 Å². The molecule has 0 aliphatic carbocycles. The first-order valence-corrected chi connectivity index (χ1v) is 13.8. The van der Waals surface area contributed by atoms with Crippen LogP contribution in [0.3, 0.4) is 0 Å². The van der Waals surface area contributed by atoms with E-state index < -0.39 is 22.0 Å². The molecule has 2 amide bonds. The van der Waals surface area contributed by atoms with Gasteiger partial charge in [0.2, 0.25) is 0 Å². The summed E-state index contributed by atoms with van der Waals surface area (Å²) in [5.74, 6) is -0.869. The number of anilines is 2. The summed E-state index contributed by atoms with van der Waals surface area (Å²) in [5, 5.41) is 7.56. The van der Waals surface area contributed by atoms with Gasteiger partial charge in [-0.15, -0.1) is 11.3 Å². The second kappa shape index (κ2) is 11.9. The summed E-state index contributed by atoms with van der Waals surface area (Å²) in [7, 11) is 1.91. The molecule has 0 unspecified atom stereocenters. The van der Waals surface area contributed by atoms with Gasteiger partial charge in [-0.05, 0) is 29.1 Å². The molecule has 3 aromatic rings. The van der Waals surface area contributed by atoms with E-state index in [0.717, 1.165) is 19.9 Å². The van der Waals surface area contributed by atoms with Crippen LogP contribution in [-0.2, 0) is 16.8 Å². The molecule has 1 aromatic carbocycles. The van der Waals surface area contributed by atoms with Gasteiger partial charge in [0.1, 0.15) is 16.4 Å². The van der Waals surface area contributed by atoms with Gasteiger partial charge >= 0.3 is 0 Å². The minimum atomic E-state index is -3.68. The van der Waals surface area contributed by atoms with Gasteiger partial charge in [-0.1, -0.05) is 34.8 Å². The van der Waals surface area contributed by atoms with Crippen LogP contribution in [-0.4, -0.2) is 62.1 Å². The Morgan fingerprint density at radius 3 is 2.35 bits per heavy atom. The summed E-state index contributed by atoms with van der Waals surface area (Å²) in [6.07, 6.45) is 1.37. The number of carbonyl (C=O) groups is 2. The van der Waals surface area contributed by atoms with Crippen molar-refractivity contribution in [3.05, 3.63) is 66.9 Å². The average Bonchev–Trinajstić information content (AvgIpc) is 3.20. The number of aromatic nitrogens is 1. The van der Waals surface area contributed by atoms with Gasteiger partial charge < -0.3 is 15.4 Å². The van der Waals surface area contributed by atoms with E-state index in [1.54, 1.807) is 11.4 Å². The molecule has 37 heavy (non-hydrogen) atoms. The molecular formula is C22H22Cl3N5O5S2. The lowest BCUT2D eigenvalue weighted by Crippen LogP contribution is -2.36. The van der Waals surface area contributed by atoms with Gasteiger partial charge in [0.25, 0.3) is 22.0 Å². The number of amides is 2. The number of methoxy groups -OCH3 is 1. The number of benzene rings is 1. The van der Waals surface area contributed by atoms with Gasteiger partial charge in [0.05, 0.1) is 28.4 Å². The highest BCUT2D eigenvalue weighted by Gasteiger charge is 2.26. The van der Waals surface area contributed by atoms with Crippen LogP contribution in [0, 0.1) is 0 Å². The van der Waals surface area contributed by atoms with Crippen LogP contribution in [0.25, 0.3) is 0 Å². The van der Waals surface area contributed by atoms with Gasteiger partial charge in [0.15, 0.2) is 0 Å². The molecule has 10 nitrogen and oxygen atoms in total. The molecule has 198 valence electrons. The fourth-order valence-electron chi connectivity index (χ4n) is 3.09. The number of nitrogens with one attached hydrogen (secondary N) is 2. The van der Waals surface area contributed by atoms with Crippen molar-refractivity contribution in [2.45, 2.75) is 6.54 Å². The lowest BCUT2D eigenvalue weighted by molar-refractivity contribution is 0.102. The monoisotopic (exact) mass is 605 g/mol. The lowest BCUT2D eigenvalue weighted by Gasteiger charge is -2.21. The lowest BCUT2D eigenvalue weighted by atomic mass is 10.1. The Balaban J connectivity index is 1.90. The SMILES string of the molecule is COc1cc(Cl)cc(C(=O)Nc2ccc(Cl)cn2)c1NC(=O)c1scc(CN(C)S(=O)(=O)N(C)C)c1Cl. The highest BCUT2D eigenvalue weighted by atomic mass is 35.5. The first-order valence-electron chi connectivity index (χ1n) is 10.4. The number of hydrogen-bond donors (Lipinski definition) is 2. The van der Waals surface area contributed by atoms with Gasteiger partial charge in [-0.2, -0.15) is 17.0 Å². The third-order valence-corrected chi connectivity index (χ3v) is 8.85. The van der Waals surface area contributed by atoms with Crippen LogP contribution in [0.2, 0.25) is 15.1 Å². The quantitative estimate of drug-likeness (QED) is 0.359. The van der Waals surface area contributed by atoms with Crippen molar-refractivity contribution in [3.63, 3.8) is 0 Å². The first kappa shape index (κ1) is 29.1. The number of nitrogens with zero attached hydrogens (tertiary/aromatic N) is 3. The number of carbonyl (C=O) groups excluding carboxylic acids is 2. The van der Waals surface area contributed by atoms with E-state index in [2.05, 4.69) is 15.6 Å². The number of rotatable bonds is 9. The molecule has 0 saturated carbocycles. The second-order valence-electron chi connectivity index (χ2n) is 7.75. The van der Waals surface area contributed by atoms with Crippen LogP contribution >= 0.6 is 46.1 Å². The molecule has 2 N–H and O–H groups in total. The van der Waals surface area contributed by atoms with E-state index in [0.29, 0.717) is 10.6 Å². The highest BCUT2D eigenvalue weighted by Crippen LogP contribution is 2.35. The summed E-state index contributed by atoms with van der Waals surface area (Å²) in [5.41, 5.74) is 0.514. The fourth-order valence-corrected chi connectivity index (χ4v) is 5.52. The minimum Gasteiger partial charge on any atom is -0.494 e. The molecule has 0 atom stereocenters. The Kier molecular flexibility index (Phi) is 9.40. The third kappa shape index (κ3) is 6.71. The van der Waals surface area contributed by atoms with Crippen molar-refractivity contribution in [2.24, 2.45) is 0 Å². The highest BCUT2D eigenvalue weighted by molar-refractivity contribution is 7.86. The van der Waals surface area contributed by atoms with Crippen LogP contribution in [0.5, 0.6) is 5.75 Å².